The standard InChI is InChI=1S/C4H6ClF2N3S/c1-8-10-9-2(4(6)7)3(5)11-10/h4,8-9H,1H3. The first-order chi connectivity index (χ1) is 5.15. The van der Waals surface area contributed by atoms with E-state index >= 15 is 0 Å². The molecule has 0 bridgehead atoms. The predicted molar refractivity (Wildman–Crippen MR) is 40.5 cm³/mol. The number of nitrogens with one attached hydrogen (secondary N) is 2. The number of hydrazine groups is 2. The summed E-state index contributed by atoms with van der Waals surface area (Å²) in [7, 11) is 1.60. The molecule has 1 rings (SSSR count). The summed E-state index contributed by atoms with van der Waals surface area (Å²) in [5, 5.41) is 0. The van der Waals surface area contributed by atoms with Gasteiger partial charge in [0.25, 0.3) is 6.43 Å². The Hall–Kier alpha value is -0.0400. The number of halogens is 3. The summed E-state index contributed by atoms with van der Waals surface area (Å²) in [6.07, 6.45) is -2.56. The lowest BCUT2D eigenvalue weighted by molar-refractivity contribution is 0.162. The zero-order valence-electron chi connectivity index (χ0n) is 5.57. The average Bonchev–Trinajstić information content (AvgIpc) is 2.30. The van der Waals surface area contributed by atoms with Gasteiger partial charge in [-0.2, -0.15) is 0 Å². The van der Waals surface area contributed by atoms with Gasteiger partial charge < -0.3 is 0 Å². The number of alkyl halides is 2. The summed E-state index contributed by atoms with van der Waals surface area (Å²) in [4.78, 5) is 0. The van der Waals surface area contributed by atoms with Crippen LogP contribution >= 0.6 is 23.5 Å². The molecule has 7 heteroatoms. The summed E-state index contributed by atoms with van der Waals surface area (Å²) >= 11 is 6.44. The van der Waals surface area contributed by atoms with E-state index in [1.54, 1.807) is 7.05 Å². The topological polar surface area (TPSA) is 27.3 Å². The maximum atomic E-state index is 12.0. The van der Waals surface area contributed by atoms with Crippen LogP contribution in [0.3, 0.4) is 0 Å². The van der Waals surface area contributed by atoms with Crippen LogP contribution in [0, 0.1) is 0 Å². The molecule has 0 amide bonds. The van der Waals surface area contributed by atoms with Crippen LogP contribution in [-0.4, -0.2) is 18.0 Å². The van der Waals surface area contributed by atoms with Crippen molar-refractivity contribution in [3.05, 3.63) is 10.1 Å². The maximum absolute atomic E-state index is 12.0. The van der Waals surface area contributed by atoms with Crippen LogP contribution in [0.2, 0.25) is 0 Å². The highest BCUT2D eigenvalue weighted by molar-refractivity contribution is 8.02. The SMILES string of the molecule is CNN1NC(C(F)F)=C(Cl)S1. The van der Waals surface area contributed by atoms with Crippen LogP contribution in [0.4, 0.5) is 8.78 Å². The van der Waals surface area contributed by atoms with Gasteiger partial charge in [-0.1, -0.05) is 16.1 Å². The van der Waals surface area contributed by atoms with Gasteiger partial charge in [-0.05, 0) is 0 Å². The van der Waals surface area contributed by atoms with Crippen LogP contribution in [-0.2, 0) is 0 Å². The smallest absolute Gasteiger partial charge is 0.281 e. The molecule has 0 aromatic carbocycles. The highest BCUT2D eigenvalue weighted by Crippen LogP contribution is 2.32. The molecule has 0 aromatic heterocycles. The maximum Gasteiger partial charge on any atom is 0.281 e. The second kappa shape index (κ2) is 3.57. The minimum atomic E-state index is -2.56. The quantitative estimate of drug-likeness (QED) is 0.658. The van der Waals surface area contributed by atoms with Crippen LogP contribution in [0.5, 0.6) is 0 Å². The van der Waals surface area contributed by atoms with Gasteiger partial charge in [-0.15, -0.1) is 0 Å². The van der Waals surface area contributed by atoms with Gasteiger partial charge in [0.2, 0.25) is 0 Å². The Morgan fingerprint density at radius 1 is 1.73 bits per heavy atom. The van der Waals surface area contributed by atoms with Crippen molar-refractivity contribution < 1.29 is 8.78 Å². The first-order valence-corrected chi connectivity index (χ1v) is 3.90. The summed E-state index contributed by atoms with van der Waals surface area (Å²) in [6, 6.07) is 0. The van der Waals surface area contributed by atoms with E-state index < -0.39 is 6.43 Å². The molecule has 64 valence electrons. The molecule has 0 radical (unpaired) electrons. The molecular formula is C4H6ClF2N3S. The van der Waals surface area contributed by atoms with E-state index in [0.29, 0.717) is 0 Å². The van der Waals surface area contributed by atoms with Crippen molar-refractivity contribution in [3.63, 3.8) is 0 Å². The molecule has 0 fully saturated rings. The Bertz CT molecular complexity index is 186. The van der Waals surface area contributed by atoms with Crippen molar-refractivity contribution in [1.82, 2.24) is 15.4 Å². The molecule has 2 N–H and O–H groups in total. The average molecular weight is 202 g/mol. The Kier molecular flexibility index (Phi) is 2.94. The van der Waals surface area contributed by atoms with Crippen molar-refractivity contribution >= 4 is 23.5 Å². The van der Waals surface area contributed by atoms with E-state index in [1.807, 2.05) is 0 Å². The lowest BCUT2D eigenvalue weighted by Crippen LogP contribution is -2.37. The first kappa shape index (κ1) is 9.05. The van der Waals surface area contributed by atoms with Crippen molar-refractivity contribution in [3.8, 4) is 0 Å². The van der Waals surface area contributed by atoms with Gasteiger partial charge in [0.1, 0.15) is 10.1 Å². The number of hydrogen-bond acceptors (Lipinski definition) is 4. The van der Waals surface area contributed by atoms with E-state index in [2.05, 4.69) is 10.9 Å². The predicted octanol–water partition coefficient (Wildman–Crippen LogP) is 1.26. The van der Waals surface area contributed by atoms with E-state index in [0.717, 1.165) is 11.9 Å². The summed E-state index contributed by atoms with van der Waals surface area (Å²) in [6.45, 7) is 0. The Morgan fingerprint density at radius 3 is 2.64 bits per heavy atom. The fourth-order valence-electron chi connectivity index (χ4n) is 0.542. The molecule has 1 heterocycles. The number of rotatable bonds is 2. The van der Waals surface area contributed by atoms with E-state index in [1.165, 1.54) is 4.52 Å². The third kappa shape index (κ3) is 1.96. The summed E-state index contributed by atoms with van der Waals surface area (Å²) in [5.74, 6) is 0. The zero-order valence-corrected chi connectivity index (χ0v) is 7.14. The third-order valence-corrected chi connectivity index (χ3v) is 2.27. The molecule has 1 aliphatic rings. The molecule has 11 heavy (non-hydrogen) atoms. The van der Waals surface area contributed by atoms with Gasteiger partial charge in [0.15, 0.2) is 0 Å². The minimum Gasteiger partial charge on any atom is -0.292 e. The van der Waals surface area contributed by atoms with Crippen molar-refractivity contribution in [1.29, 1.82) is 0 Å². The Labute approximate surface area is 71.8 Å². The minimum absolute atomic E-state index is 0.0642. The van der Waals surface area contributed by atoms with Crippen LogP contribution in [0.1, 0.15) is 0 Å². The molecule has 1 aliphatic heterocycles. The zero-order chi connectivity index (χ0) is 8.43. The van der Waals surface area contributed by atoms with Crippen molar-refractivity contribution in [2.45, 2.75) is 6.43 Å². The van der Waals surface area contributed by atoms with Crippen LogP contribution < -0.4 is 10.9 Å². The van der Waals surface area contributed by atoms with Crippen molar-refractivity contribution in [2.24, 2.45) is 0 Å². The second-order valence-electron chi connectivity index (χ2n) is 1.71. The molecule has 0 atom stereocenters. The molecule has 0 saturated carbocycles. The van der Waals surface area contributed by atoms with Crippen LogP contribution in [0.25, 0.3) is 0 Å². The largest absolute Gasteiger partial charge is 0.292 e. The molecular weight excluding hydrogens is 196 g/mol. The highest BCUT2D eigenvalue weighted by atomic mass is 35.5. The fraction of sp³-hybridized carbons (Fsp3) is 0.500. The molecule has 0 aromatic rings. The number of nitrogens with zero attached hydrogens (tertiary/aromatic N) is 1. The van der Waals surface area contributed by atoms with Gasteiger partial charge in [-0.3, -0.25) is 5.43 Å². The number of hydrogen-bond donors (Lipinski definition) is 2. The van der Waals surface area contributed by atoms with Gasteiger partial charge >= 0.3 is 0 Å². The van der Waals surface area contributed by atoms with Gasteiger partial charge in [0.05, 0.1) is 0 Å². The van der Waals surface area contributed by atoms with Crippen LogP contribution in [0.15, 0.2) is 10.1 Å². The van der Waals surface area contributed by atoms with Crippen molar-refractivity contribution in [2.75, 3.05) is 7.05 Å². The summed E-state index contributed by atoms with van der Waals surface area (Å²) < 4.78 is 25.4. The molecule has 0 spiro atoms. The highest BCUT2D eigenvalue weighted by Gasteiger charge is 2.26. The lowest BCUT2D eigenvalue weighted by Gasteiger charge is -2.12. The fourth-order valence-corrected chi connectivity index (χ4v) is 1.50. The number of allylic oxidation sites excluding steroid dienone is 1. The lowest BCUT2D eigenvalue weighted by atomic mass is 10.5. The molecule has 3 nitrogen and oxygen atoms in total. The van der Waals surface area contributed by atoms with E-state index in [9.17, 15) is 8.78 Å². The molecule has 0 aliphatic carbocycles. The monoisotopic (exact) mass is 201 g/mol. The van der Waals surface area contributed by atoms with E-state index in [4.69, 9.17) is 11.6 Å². The molecule has 0 saturated heterocycles. The second-order valence-corrected chi connectivity index (χ2v) is 3.27. The Morgan fingerprint density at radius 2 is 2.36 bits per heavy atom. The van der Waals surface area contributed by atoms with Gasteiger partial charge in [-0.25, -0.2) is 14.2 Å². The third-order valence-electron chi connectivity index (χ3n) is 1.03. The first-order valence-electron chi connectivity index (χ1n) is 2.75. The molecule has 0 unspecified atom stereocenters. The van der Waals surface area contributed by atoms with E-state index in [-0.39, 0.29) is 10.1 Å². The van der Waals surface area contributed by atoms with Gasteiger partial charge in [0, 0.05) is 19.0 Å². The summed E-state index contributed by atoms with van der Waals surface area (Å²) in [5.41, 5.74) is 4.72. The Balaban J connectivity index is 2.59. The normalized spacial score (nSPS) is 19.7.